The molecule has 6 nitrogen and oxygen atoms in total. The second-order valence-electron chi connectivity index (χ2n) is 7.04. The smallest absolute Gasteiger partial charge is 0.260 e. The molecule has 2 aromatic carbocycles. The molecule has 7 heteroatoms. The molecule has 1 aliphatic heterocycles. The maximum atomic E-state index is 13.6. The number of nitrogens with zero attached hydrogens (tertiary/aromatic N) is 2. The summed E-state index contributed by atoms with van der Waals surface area (Å²) in [4.78, 5) is 20.0. The number of carbonyl (C=O) groups excluding carboxylic acids is 1. The quantitative estimate of drug-likeness (QED) is 0.512. The van der Waals surface area contributed by atoms with E-state index in [0.29, 0.717) is 42.0 Å². The van der Waals surface area contributed by atoms with E-state index in [2.05, 4.69) is 0 Å². The molecule has 4 rings (SSSR count). The van der Waals surface area contributed by atoms with Crippen LogP contribution >= 0.6 is 11.3 Å². The molecule has 1 amide bonds. The van der Waals surface area contributed by atoms with Gasteiger partial charge in [0.1, 0.15) is 0 Å². The summed E-state index contributed by atoms with van der Waals surface area (Å²) in [5, 5.41) is 0.684. The molecular formula is C23H26N2O4S. The van der Waals surface area contributed by atoms with E-state index < -0.39 is 0 Å². The molecule has 0 spiro atoms. The molecule has 0 aliphatic carbocycles. The predicted octanol–water partition coefficient (Wildman–Crippen LogP) is 4.92. The van der Waals surface area contributed by atoms with Crippen molar-refractivity contribution in [3.05, 3.63) is 48.0 Å². The van der Waals surface area contributed by atoms with E-state index in [-0.39, 0.29) is 12.0 Å². The molecule has 0 N–H and O–H groups in total. The van der Waals surface area contributed by atoms with E-state index in [1.54, 1.807) is 23.1 Å². The Morgan fingerprint density at radius 2 is 1.97 bits per heavy atom. The second kappa shape index (κ2) is 9.45. The number of anilines is 1. The summed E-state index contributed by atoms with van der Waals surface area (Å²) in [6, 6.07) is 13.3. The molecule has 2 heterocycles. The van der Waals surface area contributed by atoms with Crippen molar-refractivity contribution in [1.29, 1.82) is 0 Å². The lowest BCUT2D eigenvalue weighted by molar-refractivity contribution is 0.0917. The fourth-order valence-electron chi connectivity index (χ4n) is 3.56. The number of aromatic nitrogens is 1. The summed E-state index contributed by atoms with van der Waals surface area (Å²) in [5.74, 6) is 1.10. The van der Waals surface area contributed by atoms with Gasteiger partial charge in [-0.3, -0.25) is 9.69 Å². The number of para-hydroxylation sites is 1. The maximum Gasteiger partial charge on any atom is 0.260 e. The highest BCUT2D eigenvalue weighted by Gasteiger charge is 2.27. The summed E-state index contributed by atoms with van der Waals surface area (Å²) >= 11 is 1.52. The summed E-state index contributed by atoms with van der Waals surface area (Å²) in [6.07, 6.45) is 1.99. The van der Waals surface area contributed by atoms with Crippen LogP contribution in [0.5, 0.6) is 11.5 Å². The van der Waals surface area contributed by atoms with Crippen molar-refractivity contribution in [1.82, 2.24) is 4.98 Å². The Kier molecular flexibility index (Phi) is 6.50. The van der Waals surface area contributed by atoms with Gasteiger partial charge in [0.25, 0.3) is 5.91 Å². The van der Waals surface area contributed by atoms with Crippen LogP contribution in [0.15, 0.2) is 42.5 Å². The van der Waals surface area contributed by atoms with Crippen molar-refractivity contribution in [3.8, 4) is 11.5 Å². The lowest BCUT2D eigenvalue weighted by atomic mass is 10.1. The Morgan fingerprint density at radius 1 is 1.17 bits per heavy atom. The van der Waals surface area contributed by atoms with Gasteiger partial charge in [-0.25, -0.2) is 4.98 Å². The number of amides is 1. The molecule has 3 aromatic rings. The van der Waals surface area contributed by atoms with E-state index in [4.69, 9.17) is 19.2 Å². The van der Waals surface area contributed by atoms with Crippen molar-refractivity contribution < 1.29 is 19.0 Å². The van der Waals surface area contributed by atoms with E-state index >= 15 is 0 Å². The SMILES string of the molecule is CCOc1ccc(C(=O)N(CC2CCCO2)c2nc3ccccc3s2)cc1OCC. The summed E-state index contributed by atoms with van der Waals surface area (Å²) < 4.78 is 18.2. The van der Waals surface area contributed by atoms with Crippen LogP contribution in [0.25, 0.3) is 10.2 Å². The van der Waals surface area contributed by atoms with Gasteiger partial charge in [0.2, 0.25) is 0 Å². The molecule has 1 atom stereocenters. The highest BCUT2D eigenvalue weighted by Crippen LogP contribution is 2.33. The van der Waals surface area contributed by atoms with Gasteiger partial charge in [-0.05, 0) is 57.0 Å². The van der Waals surface area contributed by atoms with Crippen LogP contribution in [-0.2, 0) is 4.74 Å². The van der Waals surface area contributed by atoms with Gasteiger partial charge in [-0.1, -0.05) is 23.5 Å². The fraction of sp³-hybridized carbons (Fsp3) is 0.391. The van der Waals surface area contributed by atoms with Gasteiger partial charge >= 0.3 is 0 Å². The van der Waals surface area contributed by atoms with Crippen molar-refractivity contribution >= 4 is 32.6 Å². The van der Waals surface area contributed by atoms with Crippen LogP contribution < -0.4 is 14.4 Å². The van der Waals surface area contributed by atoms with Crippen LogP contribution in [0, 0.1) is 0 Å². The van der Waals surface area contributed by atoms with Gasteiger partial charge in [-0.2, -0.15) is 0 Å². The van der Waals surface area contributed by atoms with Crippen molar-refractivity contribution in [3.63, 3.8) is 0 Å². The first kappa shape index (κ1) is 20.6. The average Bonchev–Trinajstić information content (AvgIpc) is 3.42. The van der Waals surface area contributed by atoms with E-state index in [1.807, 2.05) is 38.1 Å². The maximum absolute atomic E-state index is 13.6. The zero-order valence-corrected chi connectivity index (χ0v) is 18.1. The Morgan fingerprint density at radius 3 is 2.70 bits per heavy atom. The number of carbonyl (C=O) groups is 1. The Labute approximate surface area is 180 Å². The van der Waals surface area contributed by atoms with Gasteiger partial charge in [0.15, 0.2) is 16.6 Å². The van der Waals surface area contributed by atoms with Gasteiger partial charge in [0.05, 0.1) is 36.1 Å². The Balaban J connectivity index is 1.68. The van der Waals surface area contributed by atoms with Crippen LogP contribution in [0.1, 0.15) is 37.0 Å². The molecule has 1 fully saturated rings. The minimum Gasteiger partial charge on any atom is -0.490 e. The molecule has 1 aliphatic rings. The van der Waals surface area contributed by atoms with Crippen molar-refractivity contribution in [2.24, 2.45) is 0 Å². The molecular weight excluding hydrogens is 400 g/mol. The Bertz CT molecular complexity index is 980. The third-order valence-electron chi connectivity index (χ3n) is 4.96. The normalized spacial score (nSPS) is 16.0. The molecule has 30 heavy (non-hydrogen) atoms. The van der Waals surface area contributed by atoms with Gasteiger partial charge in [0, 0.05) is 12.2 Å². The van der Waals surface area contributed by atoms with E-state index in [9.17, 15) is 4.79 Å². The average molecular weight is 427 g/mol. The van der Waals surface area contributed by atoms with Crippen LogP contribution in [0.4, 0.5) is 5.13 Å². The monoisotopic (exact) mass is 426 g/mol. The molecule has 1 unspecified atom stereocenters. The molecule has 0 saturated carbocycles. The predicted molar refractivity (Wildman–Crippen MR) is 119 cm³/mol. The number of ether oxygens (including phenoxy) is 3. The number of thiazole rings is 1. The topological polar surface area (TPSA) is 60.9 Å². The minimum absolute atomic E-state index is 0.0232. The minimum atomic E-state index is -0.117. The van der Waals surface area contributed by atoms with E-state index in [1.165, 1.54) is 11.3 Å². The van der Waals surface area contributed by atoms with Crippen molar-refractivity contribution in [2.45, 2.75) is 32.8 Å². The molecule has 1 aromatic heterocycles. The first-order valence-corrected chi connectivity index (χ1v) is 11.2. The zero-order chi connectivity index (χ0) is 20.9. The van der Waals surface area contributed by atoms with Crippen LogP contribution in [0.3, 0.4) is 0 Å². The molecule has 0 radical (unpaired) electrons. The van der Waals surface area contributed by atoms with Gasteiger partial charge < -0.3 is 14.2 Å². The summed E-state index contributed by atoms with van der Waals surface area (Å²) in [6.45, 7) is 6.08. The highest BCUT2D eigenvalue weighted by molar-refractivity contribution is 7.22. The molecule has 0 bridgehead atoms. The third kappa shape index (κ3) is 4.42. The zero-order valence-electron chi connectivity index (χ0n) is 17.3. The molecule has 1 saturated heterocycles. The number of fused-ring (bicyclic) bond motifs is 1. The second-order valence-corrected chi connectivity index (χ2v) is 8.05. The lowest BCUT2D eigenvalue weighted by Crippen LogP contribution is -2.37. The fourth-order valence-corrected chi connectivity index (χ4v) is 4.53. The first-order chi connectivity index (χ1) is 14.7. The first-order valence-electron chi connectivity index (χ1n) is 10.4. The van der Waals surface area contributed by atoms with Crippen LogP contribution in [-0.4, -0.2) is 43.4 Å². The van der Waals surface area contributed by atoms with Gasteiger partial charge in [-0.15, -0.1) is 0 Å². The largest absolute Gasteiger partial charge is 0.490 e. The summed E-state index contributed by atoms with van der Waals surface area (Å²) in [7, 11) is 0. The van der Waals surface area contributed by atoms with Crippen molar-refractivity contribution in [2.75, 3.05) is 31.3 Å². The number of benzene rings is 2. The number of rotatable bonds is 8. The standard InChI is InChI=1S/C23H26N2O4S/c1-3-27-19-12-11-16(14-20(19)28-4-2)22(26)25(15-17-8-7-13-29-17)23-24-18-9-5-6-10-21(18)30-23/h5-6,9-12,14,17H,3-4,7-8,13,15H2,1-2H3. The summed E-state index contributed by atoms with van der Waals surface area (Å²) in [5.41, 5.74) is 1.43. The Hall–Kier alpha value is -2.64. The van der Waals surface area contributed by atoms with E-state index in [0.717, 1.165) is 29.7 Å². The molecule has 158 valence electrons. The third-order valence-corrected chi connectivity index (χ3v) is 6.02. The van der Waals surface area contributed by atoms with Crippen LogP contribution in [0.2, 0.25) is 0 Å². The number of hydrogen-bond acceptors (Lipinski definition) is 6. The lowest BCUT2D eigenvalue weighted by Gasteiger charge is -2.23. The highest BCUT2D eigenvalue weighted by atomic mass is 32.1. The number of hydrogen-bond donors (Lipinski definition) is 0.